The summed E-state index contributed by atoms with van der Waals surface area (Å²) in [5, 5.41) is 3.30. The van der Waals surface area contributed by atoms with E-state index in [9.17, 15) is 4.79 Å². The van der Waals surface area contributed by atoms with E-state index in [1.807, 2.05) is 26.8 Å². The van der Waals surface area contributed by atoms with Crippen molar-refractivity contribution in [3.8, 4) is 0 Å². The van der Waals surface area contributed by atoms with Crippen LogP contribution in [-0.4, -0.2) is 18.0 Å². The molecule has 0 radical (unpaired) electrons. The third kappa shape index (κ3) is 3.22. The van der Waals surface area contributed by atoms with Gasteiger partial charge in [0.15, 0.2) is 0 Å². The number of carbonyl (C=O) groups excluding carboxylic acids is 1. The van der Waals surface area contributed by atoms with Gasteiger partial charge in [-0.15, -0.1) is 0 Å². The Balaban J connectivity index is 2.89. The topological polar surface area (TPSA) is 55.1 Å². The largest absolute Gasteiger partial charge is 0.346 e. The third-order valence-corrected chi connectivity index (χ3v) is 2.64. The van der Waals surface area contributed by atoms with E-state index in [1.165, 1.54) is 0 Å². The van der Waals surface area contributed by atoms with Crippen LogP contribution in [0.3, 0.4) is 0 Å². The number of carbonyl (C=O) groups is 1. The molecule has 1 aromatic carbocycles. The monoisotopic (exact) mass is 240 g/mol. The molecule has 3 N–H and O–H groups in total. The Labute approximate surface area is 101 Å². The molecule has 0 saturated heterocycles. The van der Waals surface area contributed by atoms with E-state index in [-0.39, 0.29) is 5.91 Å². The number of hydrogen-bond acceptors (Lipinski definition) is 2. The van der Waals surface area contributed by atoms with Gasteiger partial charge in [0.05, 0.1) is 10.6 Å². The summed E-state index contributed by atoms with van der Waals surface area (Å²) in [5.41, 5.74) is 6.63. The molecule has 4 heteroatoms. The zero-order valence-electron chi connectivity index (χ0n) is 9.80. The summed E-state index contributed by atoms with van der Waals surface area (Å²) in [4.78, 5) is 11.9. The highest BCUT2D eigenvalue weighted by atomic mass is 35.5. The minimum atomic E-state index is -0.425. The molecule has 1 amide bonds. The number of halogens is 1. The average molecular weight is 241 g/mol. The molecule has 0 heterocycles. The van der Waals surface area contributed by atoms with Crippen molar-refractivity contribution in [1.29, 1.82) is 0 Å². The predicted octanol–water partition coefficient (Wildman–Crippen LogP) is 2.12. The highest BCUT2D eigenvalue weighted by molar-refractivity contribution is 6.33. The van der Waals surface area contributed by atoms with Gasteiger partial charge >= 0.3 is 0 Å². The molecule has 0 bridgehead atoms. The van der Waals surface area contributed by atoms with Crippen molar-refractivity contribution in [1.82, 2.24) is 5.32 Å². The van der Waals surface area contributed by atoms with Gasteiger partial charge in [0.1, 0.15) is 0 Å². The first-order valence-electron chi connectivity index (χ1n) is 5.14. The zero-order valence-corrected chi connectivity index (χ0v) is 10.6. The van der Waals surface area contributed by atoms with Crippen LogP contribution in [0.25, 0.3) is 0 Å². The fourth-order valence-electron chi connectivity index (χ4n) is 1.23. The smallest absolute Gasteiger partial charge is 0.253 e. The molecule has 1 aromatic rings. The summed E-state index contributed by atoms with van der Waals surface area (Å²) in [7, 11) is 0. The Morgan fingerprint density at radius 3 is 2.62 bits per heavy atom. The van der Waals surface area contributed by atoms with Crippen LogP contribution in [0, 0.1) is 6.92 Å². The Bertz CT molecular complexity index is 402. The minimum absolute atomic E-state index is 0.194. The molecule has 0 aliphatic heterocycles. The molecule has 0 fully saturated rings. The van der Waals surface area contributed by atoms with Crippen LogP contribution in [0.2, 0.25) is 5.02 Å². The summed E-state index contributed by atoms with van der Waals surface area (Å²) in [5.74, 6) is -0.194. The molecule has 88 valence electrons. The van der Waals surface area contributed by atoms with Crippen LogP contribution < -0.4 is 11.1 Å². The lowest BCUT2D eigenvalue weighted by Gasteiger charge is -2.24. The zero-order chi connectivity index (χ0) is 12.3. The SMILES string of the molecule is Cc1ccc(C(=O)NC(C)(C)CN)c(Cl)c1. The maximum Gasteiger partial charge on any atom is 0.253 e. The Hall–Kier alpha value is -1.06. The van der Waals surface area contributed by atoms with Crippen LogP contribution in [0.15, 0.2) is 18.2 Å². The molecular formula is C12H17ClN2O. The lowest BCUT2D eigenvalue weighted by molar-refractivity contribution is 0.0916. The Morgan fingerprint density at radius 1 is 1.50 bits per heavy atom. The summed E-state index contributed by atoms with van der Waals surface area (Å²) >= 11 is 6.00. The van der Waals surface area contributed by atoms with Gasteiger partial charge < -0.3 is 11.1 Å². The quantitative estimate of drug-likeness (QED) is 0.850. The van der Waals surface area contributed by atoms with Gasteiger partial charge in [-0.2, -0.15) is 0 Å². The maximum atomic E-state index is 11.9. The van der Waals surface area contributed by atoms with Crippen LogP contribution in [0.5, 0.6) is 0 Å². The van der Waals surface area contributed by atoms with Gasteiger partial charge in [-0.05, 0) is 38.5 Å². The molecule has 0 unspecified atom stereocenters. The Morgan fingerprint density at radius 2 is 2.12 bits per heavy atom. The molecule has 0 aromatic heterocycles. The summed E-state index contributed by atoms with van der Waals surface area (Å²) < 4.78 is 0. The summed E-state index contributed by atoms with van der Waals surface area (Å²) in [6, 6.07) is 5.35. The number of nitrogens with two attached hydrogens (primary N) is 1. The number of rotatable bonds is 3. The fraction of sp³-hybridized carbons (Fsp3) is 0.417. The van der Waals surface area contributed by atoms with Crippen molar-refractivity contribution in [2.45, 2.75) is 26.3 Å². The molecule has 0 aliphatic carbocycles. The van der Waals surface area contributed by atoms with Gasteiger partial charge in [-0.3, -0.25) is 4.79 Å². The van der Waals surface area contributed by atoms with Crippen molar-refractivity contribution >= 4 is 17.5 Å². The normalized spacial score (nSPS) is 11.3. The highest BCUT2D eigenvalue weighted by Crippen LogP contribution is 2.18. The van der Waals surface area contributed by atoms with Crippen molar-refractivity contribution in [3.63, 3.8) is 0 Å². The van der Waals surface area contributed by atoms with Crippen molar-refractivity contribution in [2.24, 2.45) is 5.73 Å². The first-order chi connectivity index (χ1) is 7.35. The molecule has 0 spiro atoms. The molecule has 1 rings (SSSR count). The Kier molecular flexibility index (Phi) is 3.94. The standard InChI is InChI=1S/C12H17ClN2O/c1-8-4-5-9(10(13)6-8)11(16)15-12(2,3)7-14/h4-6H,7,14H2,1-3H3,(H,15,16). The number of amides is 1. The molecule has 0 saturated carbocycles. The minimum Gasteiger partial charge on any atom is -0.346 e. The summed E-state index contributed by atoms with van der Waals surface area (Å²) in [6.45, 7) is 6.04. The lowest BCUT2D eigenvalue weighted by atomic mass is 10.0. The third-order valence-electron chi connectivity index (χ3n) is 2.33. The predicted molar refractivity (Wildman–Crippen MR) is 66.8 cm³/mol. The van der Waals surface area contributed by atoms with Crippen molar-refractivity contribution < 1.29 is 4.79 Å². The molecule has 0 aliphatic rings. The van der Waals surface area contributed by atoms with Crippen LogP contribution in [-0.2, 0) is 0 Å². The van der Waals surface area contributed by atoms with E-state index in [0.29, 0.717) is 17.1 Å². The first-order valence-corrected chi connectivity index (χ1v) is 5.52. The van der Waals surface area contributed by atoms with Crippen molar-refractivity contribution in [2.75, 3.05) is 6.54 Å². The fourth-order valence-corrected chi connectivity index (χ4v) is 1.55. The average Bonchev–Trinajstić information content (AvgIpc) is 2.16. The highest BCUT2D eigenvalue weighted by Gasteiger charge is 2.20. The van der Waals surface area contributed by atoms with E-state index in [4.69, 9.17) is 17.3 Å². The molecule has 16 heavy (non-hydrogen) atoms. The molecule has 3 nitrogen and oxygen atoms in total. The number of benzene rings is 1. The van der Waals surface area contributed by atoms with Gasteiger partial charge in [0, 0.05) is 12.1 Å². The van der Waals surface area contributed by atoms with E-state index < -0.39 is 5.54 Å². The van der Waals surface area contributed by atoms with Gasteiger partial charge in [0.25, 0.3) is 5.91 Å². The molecule has 0 atom stereocenters. The second-order valence-electron chi connectivity index (χ2n) is 4.53. The van der Waals surface area contributed by atoms with E-state index in [0.717, 1.165) is 5.56 Å². The number of hydrogen-bond donors (Lipinski definition) is 2. The van der Waals surface area contributed by atoms with E-state index in [1.54, 1.807) is 12.1 Å². The van der Waals surface area contributed by atoms with Crippen LogP contribution >= 0.6 is 11.6 Å². The van der Waals surface area contributed by atoms with Gasteiger partial charge in [0.2, 0.25) is 0 Å². The summed E-state index contributed by atoms with van der Waals surface area (Å²) in [6.07, 6.45) is 0. The van der Waals surface area contributed by atoms with Gasteiger partial charge in [-0.1, -0.05) is 17.7 Å². The number of aryl methyl sites for hydroxylation is 1. The maximum absolute atomic E-state index is 11.9. The van der Waals surface area contributed by atoms with E-state index in [2.05, 4.69) is 5.32 Å². The second-order valence-corrected chi connectivity index (χ2v) is 4.93. The van der Waals surface area contributed by atoms with Crippen molar-refractivity contribution in [3.05, 3.63) is 34.3 Å². The van der Waals surface area contributed by atoms with Crippen LogP contribution in [0.4, 0.5) is 0 Å². The van der Waals surface area contributed by atoms with Gasteiger partial charge in [-0.25, -0.2) is 0 Å². The first kappa shape index (κ1) is 13.0. The van der Waals surface area contributed by atoms with E-state index >= 15 is 0 Å². The number of nitrogens with one attached hydrogen (secondary N) is 1. The molecular weight excluding hydrogens is 224 g/mol. The lowest BCUT2D eigenvalue weighted by Crippen LogP contribution is -2.48. The van der Waals surface area contributed by atoms with Crippen LogP contribution in [0.1, 0.15) is 29.8 Å². The second kappa shape index (κ2) is 4.85.